The molecule has 1 aromatic heterocycles. The van der Waals surface area contributed by atoms with Crippen LogP contribution in [0.15, 0.2) is 24.3 Å². The summed E-state index contributed by atoms with van der Waals surface area (Å²) in [5.41, 5.74) is 3.51. The predicted octanol–water partition coefficient (Wildman–Crippen LogP) is 3.13. The van der Waals surface area contributed by atoms with Crippen molar-refractivity contribution in [1.82, 2.24) is 4.98 Å². The van der Waals surface area contributed by atoms with Gasteiger partial charge in [-0.15, -0.1) is 0 Å². The van der Waals surface area contributed by atoms with Gasteiger partial charge in [0.15, 0.2) is 0 Å². The number of aryl methyl sites for hydroxylation is 2. The van der Waals surface area contributed by atoms with Crippen LogP contribution in [0.2, 0.25) is 0 Å². The summed E-state index contributed by atoms with van der Waals surface area (Å²) < 4.78 is 0. The minimum atomic E-state index is -0.720. The molecule has 0 saturated heterocycles. The Bertz CT molecular complexity index is 542. The van der Waals surface area contributed by atoms with Crippen LogP contribution in [-0.4, -0.2) is 16.1 Å². The number of carboxylic acids is 1. The molecule has 2 aromatic rings. The van der Waals surface area contributed by atoms with Crippen LogP contribution in [0.25, 0.3) is 10.9 Å². The van der Waals surface area contributed by atoms with Gasteiger partial charge < -0.3 is 10.1 Å². The number of carboxylic acid groups (broad SMARTS) is 1. The van der Waals surface area contributed by atoms with Crippen molar-refractivity contribution in [1.29, 1.82) is 0 Å². The Hall–Kier alpha value is -1.77. The highest BCUT2D eigenvalue weighted by atomic mass is 16.4. The number of para-hydroxylation sites is 1. The molecule has 1 heterocycles. The third-order valence-corrected chi connectivity index (χ3v) is 3.28. The Morgan fingerprint density at radius 2 is 2.12 bits per heavy atom. The molecular formula is C14H17NO2. The average molecular weight is 231 g/mol. The fourth-order valence-electron chi connectivity index (χ4n) is 2.14. The van der Waals surface area contributed by atoms with E-state index in [2.05, 4.69) is 11.1 Å². The first kappa shape index (κ1) is 11.7. The standard InChI is InChI=1S/C14H17NO2/c1-9(14(16)17)7-8-11-10(2)15-13-6-4-3-5-12(11)13/h3-6,9,15H,7-8H2,1-2H3,(H,16,17). The van der Waals surface area contributed by atoms with Gasteiger partial charge in [-0.2, -0.15) is 0 Å². The zero-order chi connectivity index (χ0) is 12.4. The van der Waals surface area contributed by atoms with Gasteiger partial charge in [0.2, 0.25) is 0 Å². The Labute approximate surface area is 100 Å². The highest BCUT2D eigenvalue weighted by Crippen LogP contribution is 2.24. The van der Waals surface area contributed by atoms with Gasteiger partial charge in [-0.1, -0.05) is 25.1 Å². The fourth-order valence-corrected chi connectivity index (χ4v) is 2.14. The largest absolute Gasteiger partial charge is 0.481 e. The van der Waals surface area contributed by atoms with Crippen LogP contribution >= 0.6 is 0 Å². The Morgan fingerprint density at radius 1 is 1.41 bits per heavy atom. The summed E-state index contributed by atoms with van der Waals surface area (Å²) in [6.07, 6.45) is 1.49. The number of benzene rings is 1. The molecule has 0 fully saturated rings. The van der Waals surface area contributed by atoms with Crippen molar-refractivity contribution < 1.29 is 9.90 Å². The van der Waals surface area contributed by atoms with Crippen molar-refractivity contribution >= 4 is 16.9 Å². The molecule has 0 spiro atoms. The van der Waals surface area contributed by atoms with E-state index < -0.39 is 5.97 Å². The van der Waals surface area contributed by atoms with Gasteiger partial charge in [0.25, 0.3) is 0 Å². The smallest absolute Gasteiger partial charge is 0.306 e. The second kappa shape index (κ2) is 4.62. The zero-order valence-electron chi connectivity index (χ0n) is 10.2. The molecule has 90 valence electrons. The van der Waals surface area contributed by atoms with Crippen molar-refractivity contribution in [2.75, 3.05) is 0 Å². The first-order valence-corrected chi connectivity index (χ1v) is 5.88. The second-order valence-electron chi connectivity index (χ2n) is 4.55. The van der Waals surface area contributed by atoms with E-state index in [4.69, 9.17) is 5.11 Å². The first-order valence-electron chi connectivity index (χ1n) is 5.88. The van der Waals surface area contributed by atoms with Crippen LogP contribution < -0.4 is 0 Å². The molecule has 0 amide bonds. The van der Waals surface area contributed by atoms with E-state index in [0.29, 0.717) is 6.42 Å². The molecule has 17 heavy (non-hydrogen) atoms. The summed E-state index contributed by atoms with van der Waals surface area (Å²) in [5.74, 6) is -1.01. The van der Waals surface area contributed by atoms with E-state index in [1.54, 1.807) is 6.92 Å². The van der Waals surface area contributed by atoms with E-state index in [-0.39, 0.29) is 5.92 Å². The maximum absolute atomic E-state index is 10.8. The molecule has 2 N–H and O–H groups in total. The van der Waals surface area contributed by atoms with Crippen LogP contribution in [-0.2, 0) is 11.2 Å². The highest BCUT2D eigenvalue weighted by molar-refractivity contribution is 5.84. The lowest BCUT2D eigenvalue weighted by Gasteiger charge is -2.06. The van der Waals surface area contributed by atoms with Crippen molar-refractivity contribution in [2.24, 2.45) is 5.92 Å². The Balaban J connectivity index is 2.23. The Morgan fingerprint density at radius 3 is 2.82 bits per heavy atom. The summed E-state index contributed by atoms with van der Waals surface area (Å²) in [6, 6.07) is 8.15. The van der Waals surface area contributed by atoms with E-state index >= 15 is 0 Å². The van der Waals surface area contributed by atoms with Crippen molar-refractivity contribution in [3.63, 3.8) is 0 Å². The number of rotatable bonds is 4. The summed E-state index contributed by atoms with van der Waals surface area (Å²) >= 11 is 0. The van der Waals surface area contributed by atoms with Gasteiger partial charge in [-0.3, -0.25) is 4.79 Å². The number of aromatic amines is 1. The normalized spacial score (nSPS) is 12.8. The maximum atomic E-state index is 10.8. The zero-order valence-corrected chi connectivity index (χ0v) is 10.2. The Kier molecular flexibility index (Phi) is 3.18. The second-order valence-corrected chi connectivity index (χ2v) is 4.55. The number of hydrogen-bond acceptors (Lipinski definition) is 1. The molecule has 0 radical (unpaired) electrons. The molecular weight excluding hydrogens is 214 g/mol. The van der Waals surface area contributed by atoms with Crippen LogP contribution in [0.5, 0.6) is 0 Å². The molecule has 0 saturated carbocycles. The van der Waals surface area contributed by atoms with E-state index in [1.165, 1.54) is 10.9 Å². The maximum Gasteiger partial charge on any atom is 0.306 e. The van der Waals surface area contributed by atoms with Crippen LogP contribution in [0.1, 0.15) is 24.6 Å². The lowest BCUT2D eigenvalue weighted by molar-refractivity contribution is -0.141. The third kappa shape index (κ3) is 2.33. The topological polar surface area (TPSA) is 53.1 Å². The fraction of sp³-hybridized carbons (Fsp3) is 0.357. The van der Waals surface area contributed by atoms with Gasteiger partial charge in [0.05, 0.1) is 5.92 Å². The first-order chi connectivity index (χ1) is 8.09. The minimum absolute atomic E-state index is 0.289. The number of hydrogen-bond donors (Lipinski definition) is 2. The summed E-state index contributed by atoms with van der Waals surface area (Å²) in [4.78, 5) is 14.1. The quantitative estimate of drug-likeness (QED) is 0.849. The van der Waals surface area contributed by atoms with E-state index in [9.17, 15) is 4.79 Å². The molecule has 0 bridgehead atoms. The molecule has 0 aliphatic rings. The van der Waals surface area contributed by atoms with Gasteiger partial charge >= 0.3 is 5.97 Å². The number of aliphatic carboxylic acids is 1. The molecule has 0 aliphatic carbocycles. The van der Waals surface area contributed by atoms with Gasteiger partial charge in [-0.25, -0.2) is 0 Å². The average Bonchev–Trinajstić information content (AvgIpc) is 2.61. The van der Waals surface area contributed by atoms with Crippen LogP contribution in [0, 0.1) is 12.8 Å². The molecule has 3 nitrogen and oxygen atoms in total. The summed E-state index contributed by atoms with van der Waals surface area (Å²) in [6.45, 7) is 3.80. The highest BCUT2D eigenvalue weighted by Gasteiger charge is 2.13. The number of H-pyrrole nitrogens is 1. The third-order valence-electron chi connectivity index (χ3n) is 3.28. The SMILES string of the molecule is Cc1[nH]c2ccccc2c1CCC(C)C(=O)O. The monoisotopic (exact) mass is 231 g/mol. The van der Waals surface area contributed by atoms with Gasteiger partial charge in [-0.05, 0) is 31.4 Å². The van der Waals surface area contributed by atoms with Gasteiger partial charge in [0.1, 0.15) is 0 Å². The molecule has 1 unspecified atom stereocenters. The van der Waals surface area contributed by atoms with E-state index in [0.717, 1.165) is 17.6 Å². The molecule has 2 rings (SSSR count). The number of carbonyl (C=O) groups is 1. The lowest BCUT2D eigenvalue weighted by Crippen LogP contribution is -2.10. The number of nitrogens with one attached hydrogen (secondary N) is 1. The van der Waals surface area contributed by atoms with Crippen LogP contribution in [0.3, 0.4) is 0 Å². The summed E-state index contributed by atoms with van der Waals surface area (Å²) in [7, 11) is 0. The molecule has 0 aliphatic heterocycles. The minimum Gasteiger partial charge on any atom is -0.481 e. The molecule has 3 heteroatoms. The van der Waals surface area contributed by atoms with Crippen LogP contribution in [0.4, 0.5) is 0 Å². The van der Waals surface area contributed by atoms with Crippen molar-refractivity contribution in [2.45, 2.75) is 26.7 Å². The number of aromatic nitrogens is 1. The summed E-state index contributed by atoms with van der Waals surface area (Å²) in [5, 5.41) is 10.1. The van der Waals surface area contributed by atoms with Crippen molar-refractivity contribution in [3.05, 3.63) is 35.5 Å². The molecule has 1 aromatic carbocycles. The van der Waals surface area contributed by atoms with Crippen molar-refractivity contribution in [3.8, 4) is 0 Å². The molecule has 1 atom stereocenters. The lowest BCUT2D eigenvalue weighted by atomic mass is 9.99. The van der Waals surface area contributed by atoms with Gasteiger partial charge in [0, 0.05) is 16.6 Å². The predicted molar refractivity (Wildman–Crippen MR) is 68.2 cm³/mol. The van der Waals surface area contributed by atoms with E-state index in [1.807, 2.05) is 25.1 Å². The number of fused-ring (bicyclic) bond motifs is 1.